The lowest BCUT2D eigenvalue weighted by Gasteiger charge is -1.92. The zero-order valence-electron chi connectivity index (χ0n) is 8.39. The Morgan fingerprint density at radius 2 is 2.40 bits per heavy atom. The summed E-state index contributed by atoms with van der Waals surface area (Å²) in [4.78, 5) is 13.6. The van der Waals surface area contributed by atoms with Gasteiger partial charge in [0, 0.05) is 13.1 Å². The molecule has 0 saturated carbocycles. The van der Waals surface area contributed by atoms with Crippen LogP contribution in [0.1, 0.15) is 10.5 Å². The average Bonchev–Trinajstić information content (AvgIpc) is 2.82. The zero-order chi connectivity index (χ0) is 10.8. The van der Waals surface area contributed by atoms with Crippen LogP contribution in [0, 0.1) is 0 Å². The van der Waals surface area contributed by atoms with Gasteiger partial charge in [-0.3, -0.25) is 9.48 Å². The molecule has 0 amide bonds. The minimum Gasteiger partial charge on any atom is -0.494 e. The molecule has 15 heavy (non-hydrogen) atoms. The fourth-order valence-electron chi connectivity index (χ4n) is 1.32. The van der Waals surface area contributed by atoms with Crippen LogP contribution in [-0.2, 0) is 7.05 Å². The van der Waals surface area contributed by atoms with E-state index in [4.69, 9.17) is 4.74 Å². The molecule has 6 nitrogen and oxygen atoms in total. The minimum atomic E-state index is 0.401. The van der Waals surface area contributed by atoms with Crippen LogP contribution in [0.25, 0.3) is 11.4 Å². The molecule has 0 atom stereocenters. The molecule has 6 heteroatoms. The second-order valence-electron chi connectivity index (χ2n) is 3.06. The summed E-state index contributed by atoms with van der Waals surface area (Å²) in [6.45, 7) is 0. The molecule has 0 aliphatic heterocycles. The van der Waals surface area contributed by atoms with E-state index in [1.165, 1.54) is 7.11 Å². The number of nitrogens with zero attached hydrogens (tertiary/aromatic N) is 3. The number of hydrogen-bond acceptors (Lipinski definition) is 4. The summed E-state index contributed by atoms with van der Waals surface area (Å²) in [5, 5.41) is 7.72. The molecule has 2 rings (SSSR count). The largest absolute Gasteiger partial charge is 0.494 e. The third-order valence-corrected chi connectivity index (χ3v) is 2.03. The fraction of sp³-hybridized carbons (Fsp3) is 0.222. The number of aldehydes is 1. The number of H-pyrrole nitrogens is 1. The van der Waals surface area contributed by atoms with Gasteiger partial charge in [-0.2, -0.15) is 0 Å². The third kappa shape index (κ3) is 1.61. The molecular weight excluding hydrogens is 196 g/mol. The monoisotopic (exact) mass is 206 g/mol. The van der Waals surface area contributed by atoms with Gasteiger partial charge in [-0.15, -0.1) is 5.10 Å². The summed E-state index contributed by atoms with van der Waals surface area (Å²) in [5.41, 5.74) is 1.78. The summed E-state index contributed by atoms with van der Waals surface area (Å²) < 4.78 is 6.61. The van der Waals surface area contributed by atoms with Crippen LogP contribution in [0.2, 0.25) is 0 Å². The topological polar surface area (TPSA) is 72.8 Å². The lowest BCUT2D eigenvalue weighted by molar-refractivity contribution is 0.111. The number of aromatic amines is 1. The number of aryl methyl sites for hydroxylation is 1. The van der Waals surface area contributed by atoms with Gasteiger partial charge in [-0.05, 0) is 0 Å². The molecule has 2 aromatic rings. The van der Waals surface area contributed by atoms with Crippen molar-refractivity contribution in [1.29, 1.82) is 0 Å². The maximum absolute atomic E-state index is 10.7. The highest BCUT2D eigenvalue weighted by atomic mass is 16.5. The smallest absolute Gasteiger partial charge is 0.170 e. The third-order valence-electron chi connectivity index (χ3n) is 2.03. The molecule has 78 valence electrons. The summed E-state index contributed by atoms with van der Waals surface area (Å²) in [5.74, 6) is 0.505. The van der Waals surface area contributed by atoms with Crippen LogP contribution < -0.4 is 4.74 Å². The van der Waals surface area contributed by atoms with Crippen molar-refractivity contribution in [2.45, 2.75) is 0 Å². The number of ether oxygens (including phenoxy) is 1. The number of rotatable bonds is 3. The first-order valence-electron chi connectivity index (χ1n) is 4.33. The quantitative estimate of drug-likeness (QED) is 0.747. The highest BCUT2D eigenvalue weighted by Crippen LogP contribution is 2.24. The molecular formula is C9H10N4O2. The number of carbonyl (C=O) groups excluding carboxylic acids is 1. The molecule has 0 saturated heterocycles. The van der Waals surface area contributed by atoms with Crippen molar-refractivity contribution in [1.82, 2.24) is 20.0 Å². The first-order valence-corrected chi connectivity index (χ1v) is 4.33. The zero-order valence-corrected chi connectivity index (χ0v) is 8.39. The van der Waals surface area contributed by atoms with Gasteiger partial charge in [-0.25, -0.2) is 0 Å². The van der Waals surface area contributed by atoms with Crippen LogP contribution >= 0.6 is 0 Å². The summed E-state index contributed by atoms with van der Waals surface area (Å²) in [6, 6.07) is 1.72. The molecule has 0 aliphatic carbocycles. The van der Waals surface area contributed by atoms with E-state index in [1.807, 2.05) is 0 Å². The molecule has 0 fully saturated rings. The number of carbonyl (C=O) groups is 1. The Labute approximate surface area is 85.9 Å². The Morgan fingerprint density at radius 1 is 1.60 bits per heavy atom. The highest BCUT2D eigenvalue weighted by molar-refractivity contribution is 5.79. The number of hydrogen-bond donors (Lipinski definition) is 1. The van der Waals surface area contributed by atoms with Gasteiger partial charge in [0.15, 0.2) is 6.29 Å². The van der Waals surface area contributed by atoms with Crippen LogP contribution in [0.3, 0.4) is 0 Å². The van der Waals surface area contributed by atoms with Gasteiger partial charge in [0.05, 0.1) is 19.0 Å². The van der Waals surface area contributed by atoms with Gasteiger partial charge >= 0.3 is 0 Å². The first kappa shape index (κ1) is 9.45. The van der Waals surface area contributed by atoms with E-state index in [-0.39, 0.29) is 0 Å². The van der Waals surface area contributed by atoms with E-state index < -0.39 is 0 Å². The van der Waals surface area contributed by atoms with Crippen molar-refractivity contribution in [3.05, 3.63) is 18.0 Å². The van der Waals surface area contributed by atoms with E-state index >= 15 is 0 Å². The van der Waals surface area contributed by atoms with Gasteiger partial charge in [0.2, 0.25) is 0 Å². The van der Waals surface area contributed by atoms with Gasteiger partial charge in [-0.1, -0.05) is 5.21 Å². The van der Waals surface area contributed by atoms with Crippen molar-refractivity contribution in [3.8, 4) is 17.1 Å². The predicted octanol–water partition coefficient (Wildman–Crippen LogP) is 0.631. The van der Waals surface area contributed by atoms with Gasteiger partial charge < -0.3 is 9.72 Å². The molecule has 0 radical (unpaired) electrons. The van der Waals surface area contributed by atoms with Crippen molar-refractivity contribution in [2.24, 2.45) is 7.05 Å². The Balaban J connectivity index is 2.45. The fourth-order valence-corrected chi connectivity index (χ4v) is 1.32. The Kier molecular flexibility index (Phi) is 2.24. The molecule has 0 bridgehead atoms. The molecule has 0 aliphatic rings. The molecule has 1 N–H and O–H groups in total. The van der Waals surface area contributed by atoms with Crippen molar-refractivity contribution in [3.63, 3.8) is 0 Å². The minimum absolute atomic E-state index is 0.401. The summed E-state index contributed by atoms with van der Waals surface area (Å²) >= 11 is 0. The average molecular weight is 206 g/mol. The molecule has 2 aromatic heterocycles. The Morgan fingerprint density at radius 3 is 2.87 bits per heavy atom. The molecule has 0 unspecified atom stereocenters. The Bertz CT molecular complexity index is 486. The van der Waals surface area contributed by atoms with E-state index in [2.05, 4.69) is 15.3 Å². The normalized spacial score (nSPS) is 10.3. The second kappa shape index (κ2) is 3.56. The maximum atomic E-state index is 10.7. The lowest BCUT2D eigenvalue weighted by atomic mass is 10.3. The van der Waals surface area contributed by atoms with Crippen molar-refractivity contribution in [2.75, 3.05) is 7.11 Å². The van der Waals surface area contributed by atoms with Crippen LogP contribution in [0.5, 0.6) is 5.75 Å². The number of methoxy groups -OCH3 is 1. The lowest BCUT2D eigenvalue weighted by Crippen LogP contribution is -1.86. The molecule has 0 spiro atoms. The van der Waals surface area contributed by atoms with Crippen LogP contribution in [0.15, 0.2) is 12.3 Å². The van der Waals surface area contributed by atoms with Gasteiger partial charge in [0.1, 0.15) is 17.1 Å². The predicted molar refractivity (Wildman–Crippen MR) is 52.7 cm³/mol. The van der Waals surface area contributed by atoms with E-state index in [9.17, 15) is 4.79 Å². The van der Waals surface area contributed by atoms with E-state index in [0.717, 1.165) is 0 Å². The van der Waals surface area contributed by atoms with Gasteiger partial charge in [0.25, 0.3) is 0 Å². The summed E-state index contributed by atoms with van der Waals surface area (Å²) in [7, 11) is 3.29. The highest BCUT2D eigenvalue weighted by Gasteiger charge is 2.11. The summed E-state index contributed by atoms with van der Waals surface area (Å²) in [6.07, 6.45) is 2.46. The van der Waals surface area contributed by atoms with Crippen molar-refractivity contribution < 1.29 is 9.53 Å². The van der Waals surface area contributed by atoms with E-state index in [1.54, 1.807) is 24.0 Å². The number of aromatic nitrogens is 4. The van der Waals surface area contributed by atoms with E-state index in [0.29, 0.717) is 29.1 Å². The molecule has 2 heterocycles. The Hall–Kier alpha value is -2.11. The SMILES string of the molecule is COc1cc(-c2cn(C)nn2)[nH]c1C=O. The van der Waals surface area contributed by atoms with Crippen LogP contribution in [-0.4, -0.2) is 33.4 Å². The molecule has 0 aromatic carbocycles. The van der Waals surface area contributed by atoms with Crippen molar-refractivity contribution >= 4 is 6.29 Å². The number of nitrogens with one attached hydrogen (secondary N) is 1. The first-order chi connectivity index (χ1) is 7.24. The second-order valence-corrected chi connectivity index (χ2v) is 3.06. The maximum Gasteiger partial charge on any atom is 0.170 e. The standard InChI is InChI=1S/C9H10N4O2/c1-13-4-7(11-12-13)6-3-9(15-2)8(5-14)10-6/h3-5,10H,1-2H3. The van der Waals surface area contributed by atoms with Crippen LogP contribution in [0.4, 0.5) is 0 Å².